The fourth-order valence-corrected chi connectivity index (χ4v) is 2.33. The minimum Gasteiger partial charge on any atom is -0.506 e. The maximum absolute atomic E-state index is 12.2. The number of allylic oxidation sites excluding steroid dienone is 1. The van der Waals surface area contributed by atoms with Crippen LogP contribution in [-0.2, 0) is 9.53 Å². The zero-order chi connectivity index (χ0) is 15.6. The van der Waals surface area contributed by atoms with Gasteiger partial charge in [-0.15, -0.1) is 0 Å². The van der Waals surface area contributed by atoms with Crippen LogP contribution in [0.2, 0.25) is 5.02 Å². The quantitative estimate of drug-likeness (QED) is 0.740. The number of carbonyl (C=O) groups is 1. The number of hydrogen-bond acceptors (Lipinski definition) is 6. The molecule has 1 heterocycles. The van der Waals surface area contributed by atoms with E-state index in [4.69, 9.17) is 22.1 Å². The zero-order valence-corrected chi connectivity index (χ0v) is 12.4. The number of para-hydroxylation sites is 1. The van der Waals surface area contributed by atoms with Gasteiger partial charge in [-0.1, -0.05) is 23.7 Å². The number of guanidine groups is 1. The van der Waals surface area contributed by atoms with Crippen LogP contribution in [0.3, 0.4) is 0 Å². The second-order valence-corrected chi connectivity index (χ2v) is 4.89. The molecule has 1 unspecified atom stereocenters. The highest BCUT2D eigenvalue weighted by Crippen LogP contribution is 2.38. The van der Waals surface area contributed by atoms with Crippen LogP contribution in [0.1, 0.15) is 25.5 Å². The van der Waals surface area contributed by atoms with Gasteiger partial charge in [0.25, 0.3) is 0 Å². The van der Waals surface area contributed by atoms with Crippen LogP contribution in [0.5, 0.6) is 5.75 Å². The molecule has 112 valence electrons. The zero-order valence-electron chi connectivity index (χ0n) is 11.7. The van der Waals surface area contributed by atoms with E-state index in [1.807, 2.05) is 0 Å². The Morgan fingerprint density at radius 2 is 2.29 bits per heavy atom. The van der Waals surface area contributed by atoms with Crippen molar-refractivity contribution in [1.29, 1.82) is 0 Å². The predicted molar refractivity (Wildman–Crippen MR) is 79.9 cm³/mol. The molecule has 21 heavy (non-hydrogen) atoms. The SMILES string of the molecule is CCOC(=O)C1=C(C)NC(N)=NC1c1cccc(Cl)c1O. The Hall–Kier alpha value is -2.21. The van der Waals surface area contributed by atoms with Gasteiger partial charge in [-0.25, -0.2) is 9.79 Å². The second-order valence-electron chi connectivity index (χ2n) is 4.48. The fourth-order valence-electron chi connectivity index (χ4n) is 2.15. The number of carbonyl (C=O) groups excluding carboxylic acids is 1. The van der Waals surface area contributed by atoms with Crippen LogP contribution in [0.15, 0.2) is 34.5 Å². The van der Waals surface area contributed by atoms with Crippen LogP contribution in [0, 0.1) is 0 Å². The summed E-state index contributed by atoms with van der Waals surface area (Å²) in [7, 11) is 0. The number of nitrogens with one attached hydrogen (secondary N) is 1. The first-order valence-electron chi connectivity index (χ1n) is 6.41. The Labute approximate surface area is 127 Å². The highest BCUT2D eigenvalue weighted by molar-refractivity contribution is 6.32. The molecule has 4 N–H and O–H groups in total. The molecule has 1 atom stereocenters. The van der Waals surface area contributed by atoms with Crippen LogP contribution in [-0.4, -0.2) is 23.6 Å². The van der Waals surface area contributed by atoms with E-state index in [-0.39, 0.29) is 23.3 Å². The molecule has 2 rings (SSSR count). The van der Waals surface area contributed by atoms with Gasteiger partial charge in [-0.2, -0.15) is 0 Å². The summed E-state index contributed by atoms with van der Waals surface area (Å²) in [4.78, 5) is 16.3. The molecule has 0 spiro atoms. The number of nitrogens with two attached hydrogens (primary N) is 1. The number of phenolic OH excluding ortho intramolecular Hbond substituents is 1. The molecule has 1 aliphatic rings. The molecule has 0 aromatic heterocycles. The summed E-state index contributed by atoms with van der Waals surface area (Å²) < 4.78 is 5.05. The third-order valence-electron chi connectivity index (χ3n) is 3.07. The van der Waals surface area contributed by atoms with Crippen molar-refractivity contribution in [3.05, 3.63) is 40.1 Å². The normalized spacial score (nSPS) is 18.0. The molecule has 7 heteroatoms. The molecule has 0 amide bonds. The lowest BCUT2D eigenvalue weighted by atomic mass is 9.95. The monoisotopic (exact) mass is 309 g/mol. The van der Waals surface area contributed by atoms with Crippen molar-refractivity contribution >= 4 is 23.5 Å². The summed E-state index contributed by atoms with van der Waals surface area (Å²) in [6.45, 7) is 3.65. The summed E-state index contributed by atoms with van der Waals surface area (Å²) in [5.41, 5.74) is 6.94. The van der Waals surface area contributed by atoms with Crippen molar-refractivity contribution in [2.45, 2.75) is 19.9 Å². The van der Waals surface area contributed by atoms with E-state index in [0.29, 0.717) is 16.8 Å². The maximum atomic E-state index is 12.2. The maximum Gasteiger partial charge on any atom is 0.338 e. The average Bonchev–Trinajstić information content (AvgIpc) is 2.41. The van der Waals surface area contributed by atoms with Gasteiger partial charge in [0.05, 0.1) is 17.2 Å². The lowest BCUT2D eigenvalue weighted by molar-refractivity contribution is -0.138. The second kappa shape index (κ2) is 6.05. The molecule has 0 saturated carbocycles. The van der Waals surface area contributed by atoms with E-state index < -0.39 is 12.0 Å². The summed E-state index contributed by atoms with van der Waals surface area (Å²) in [5.74, 6) is -0.481. The number of rotatable bonds is 3. The van der Waals surface area contributed by atoms with Crippen LogP contribution in [0.25, 0.3) is 0 Å². The topological polar surface area (TPSA) is 96.9 Å². The summed E-state index contributed by atoms with van der Waals surface area (Å²) in [6, 6.07) is 4.10. The highest BCUT2D eigenvalue weighted by Gasteiger charge is 2.31. The van der Waals surface area contributed by atoms with E-state index in [1.54, 1.807) is 32.0 Å². The van der Waals surface area contributed by atoms with E-state index in [2.05, 4.69) is 10.3 Å². The van der Waals surface area contributed by atoms with Gasteiger partial charge >= 0.3 is 5.97 Å². The summed E-state index contributed by atoms with van der Waals surface area (Å²) >= 11 is 5.92. The molecule has 0 saturated heterocycles. The molecule has 1 aliphatic heterocycles. The number of halogens is 1. The molecular weight excluding hydrogens is 294 g/mol. The molecular formula is C14H16ClN3O3. The smallest absolute Gasteiger partial charge is 0.338 e. The van der Waals surface area contributed by atoms with Crippen LogP contribution >= 0.6 is 11.6 Å². The molecule has 1 aromatic carbocycles. The average molecular weight is 310 g/mol. The molecule has 0 radical (unpaired) electrons. The number of ether oxygens (including phenoxy) is 1. The van der Waals surface area contributed by atoms with Gasteiger partial charge in [-0.05, 0) is 19.9 Å². The Bertz CT molecular complexity index is 640. The van der Waals surface area contributed by atoms with Gasteiger partial charge in [-0.3, -0.25) is 0 Å². The van der Waals surface area contributed by atoms with Gasteiger partial charge < -0.3 is 20.9 Å². The van der Waals surface area contributed by atoms with Crippen molar-refractivity contribution in [2.75, 3.05) is 6.61 Å². The minimum absolute atomic E-state index is 0.128. The number of esters is 1. The number of aliphatic imine (C=N–C) groups is 1. The Morgan fingerprint density at radius 3 is 2.95 bits per heavy atom. The molecule has 1 aromatic rings. The molecule has 6 nitrogen and oxygen atoms in total. The van der Waals surface area contributed by atoms with Crippen LogP contribution < -0.4 is 11.1 Å². The third kappa shape index (κ3) is 2.95. The first-order valence-corrected chi connectivity index (χ1v) is 6.79. The predicted octanol–water partition coefficient (Wildman–Crippen LogP) is 1.84. The lowest BCUT2D eigenvalue weighted by Gasteiger charge is -2.25. The van der Waals surface area contributed by atoms with E-state index in [1.165, 1.54) is 0 Å². The Kier molecular flexibility index (Phi) is 4.37. The largest absolute Gasteiger partial charge is 0.506 e. The van der Waals surface area contributed by atoms with Crippen molar-refractivity contribution in [3.63, 3.8) is 0 Å². The fraction of sp³-hybridized carbons (Fsp3) is 0.286. The standard InChI is InChI=1S/C14H16ClN3O3/c1-3-21-13(20)10-7(2)17-14(16)18-11(10)8-5-4-6-9(15)12(8)19/h4-6,11,19H,3H2,1-2H3,(H3,16,17,18). The van der Waals surface area contributed by atoms with Gasteiger partial charge in [0.15, 0.2) is 5.96 Å². The number of nitrogens with zero attached hydrogens (tertiary/aromatic N) is 1. The molecule has 0 aliphatic carbocycles. The number of hydrogen-bond donors (Lipinski definition) is 3. The number of aromatic hydroxyl groups is 1. The van der Waals surface area contributed by atoms with E-state index >= 15 is 0 Å². The summed E-state index contributed by atoms with van der Waals surface area (Å²) in [6.07, 6.45) is 0. The highest BCUT2D eigenvalue weighted by atomic mass is 35.5. The summed E-state index contributed by atoms with van der Waals surface area (Å²) in [5, 5.41) is 13.1. The minimum atomic E-state index is -0.760. The van der Waals surface area contributed by atoms with Crippen molar-refractivity contribution in [1.82, 2.24) is 5.32 Å². The van der Waals surface area contributed by atoms with E-state index in [0.717, 1.165) is 0 Å². The van der Waals surface area contributed by atoms with Gasteiger partial charge in [0, 0.05) is 11.3 Å². The number of benzene rings is 1. The lowest BCUT2D eigenvalue weighted by Crippen LogP contribution is -2.37. The first kappa shape index (κ1) is 15.2. The number of phenols is 1. The Balaban J connectivity index is 2.54. The van der Waals surface area contributed by atoms with Crippen molar-refractivity contribution in [2.24, 2.45) is 10.7 Å². The van der Waals surface area contributed by atoms with Gasteiger partial charge in [0.2, 0.25) is 0 Å². The molecule has 0 bridgehead atoms. The van der Waals surface area contributed by atoms with Crippen molar-refractivity contribution < 1.29 is 14.6 Å². The van der Waals surface area contributed by atoms with Crippen LogP contribution in [0.4, 0.5) is 0 Å². The van der Waals surface area contributed by atoms with Gasteiger partial charge in [0.1, 0.15) is 11.8 Å². The third-order valence-corrected chi connectivity index (χ3v) is 3.37. The van der Waals surface area contributed by atoms with Crippen molar-refractivity contribution in [3.8, 4) is 5.75 Å². The van der Waals surface area contributed by atoms with E-state index in [9.17, 15) is 9.90 Å². The first-order chi connectivity index (χ1) is 9.95. The molecule has 0 fully saturated rings. The Morgan fingerprint density at radius 1 is 1.57 bits per heavy atom.